The van der Waals surface area contributed by atoms with Gasteiger partial charge in [0.2, 0.25) is 0 Å². The fourth-order valence-corrected chi connectivity index (χ4v) is 2.51. The van der Waals surface area contributed by atoms with Crippen LogP contribution in [-0.4, -0.2) is 4.66 Å². The first-order valence-corrected chi connectivity index (χ1v) is 7.11. The van der Waals surface area contributed by atoms with Crippen molar-refractivity contribution in [2.45, 2.75) is 5.92 Å². The second-order valence-corrected chi connectivity index (χ2v) is 4.67. The average molecular weight is 297 g/mol. The van der Waals surface area contributed by atoms with E-state index in [-0.39, 0.29) is 0 Å². The normalized spacial score (nSPS) is 9.86. The van der Waals surface area contributed by atoms with Crippen molar-refractivity contribution < 1.29 is 4.66 Å². The minimum absolute atomic E-state index is 0.309. The molecule has 0 aliphatic carbocycles. The van der Waals surface area contributed by atoms with Crippen molar-refractivity contribution in [3.63, 3.8) is 0 Å². The Hall–Kier alpha value is -2.09. The number of halogens is 1. The van der Waals surface area contributed by atoms with E-state index < -0.39 is 0 Å². The summed E-state index contributed by atoms with van der Waals surface area (Å²) in [6.45, 7) is 0. The van der Waals surface area contributed by atoms with Crippen LogP contribution in [0.25, 0.3) is 0 Å². The Morgan fingerprint density at radius 3 is 0.952 bits per heavy atom. The molecule has 0 bridgehead atoms. The fourth-order valence-electron chi connectivity index (χ4n) is 2.51. The van der Waals surface area contributed by atoms with E-state index in [1.54, 1.807) is 0 Å². The Balaban J connectivity index is 0.000000774. The highest BCUT2D eigenvalue weighted by Crippen LogP contribution is 2.31. The van der Waals surface area contributed by atoms with Crippen LogP contribution < -0.4 is 0 Å². The van der Waals surface area contributed by atoms with E-state index in [4.69, 9.17) is 4.66 Å². The summed E-state index contributed by atoms with van der Waals surface area (Å²) in [5.74, 6) is 0.309. The third kappa shape index (κ3) is 3.94. The zero-order valence-corrected chi connectivity index (χ0v) is 12.3. The molecule has 0 aliphatic heterocycles. The molecular weight excluding hydrogens is 280 g/mol. The fraction of sp³-hybridized carbons (Fsp3) is 0.0526. The van der Waals surface area contributed by atoms with Gasteiger partial charge in [-0.2, -0.15) is 0 Å². The maximum atomic E-state index is 6.47. The molecule has 0 unspecified atom stereocenters. The summed E-state index contributed by atoms with van der Waals surface area (Å²) in [5.41, 5.74) is 4.00. The van der Waals surface area contributed by atoms with Crippen LogP contribution in [0.2, 0.25) is 0 Å². The second-order valence-electron chi connectivity index (χ2n) is 4.67. The van der Waals surface area contributed by atoms with E-state index in [1.165, 1.54) is 16.7 Å². The summed E-state index contributed by atoms with van der Waals surface area (Å²) in [6.07, 6.45) is 0. The van der Waals surface area contributed by atoms with Crippen LogP contribution in [0.5, 0.6) is 0 Å². The molecule has 1 nitrogen and oxygen atoms in total. The molecule has 106 valence electrons. The summed E-state index contributed by atoms with van der Waals surface area (Å²) in [6, 6.07) is 32.0. The van der Waals surface area contributed by atoms with Crippen LogP contribution in [0.15, 0.2) is 91.0 Å². The Bertz CT molecular complexity index is 530. The summed E-state index contributed by atoms with van der Waals surface area (Å²) < 4.78 is 6.47. The Morgan fingerprint density at radius 1 is 0.476 bits per heavy atom. The first-order chi connectivity index (χ1) is 10.4. The largest absolute Gasteiger partial charge is 0.295 e. The summed E-state index contributed by atoms with van der Waals surface area (Å²) in [5, 5.41) is 0. The van der Waals surface area contributed by atoms with Crippen LogP contribution >= 0.6 is 11.9 Å². The molecule has 0 saturated carbocycles. The van der Waals surface area contributed by atoms with Crippen molar-refractivity contribution in [3.8, 4) is 0 Å². The number of hydrogen-bond donors (Lipinski definition) is 1. The third-order valence-electron chi connectivity index (χ3n) is 3.40. The molecule has 0 saturated heterocycles. The Morgan fingerprint density at radius 2 is 0.714 bits per heavy atom. The van der Waals surface area contributed by atoms with Crippen molar-refractivity contribution in [2.24, 2.45) is 0 Å². The average Bonchev–Trinajstić information content (AvgIpc) is 2.60. The van der Waals surface area contributed by atoms with Gasteiger partial charge in [-0.05, 0) is 16.7 Å². The first-order valence-electron chi connectivity index (χ1n) is 6.77. The summed E-state index contributed by atoms with van der Waals surface area (Å²) in [7, 11) is 0. The van der Waals surface area contributed by atoms with Crippen LogP contribution in [0.3, 0.4) is 0 Å². The SMILES string of the molecule is OCl.c1ccc(C(c2ccccc2)c2ccccc2)cc1. The smallest absolute Gasteiger partial charge is 0.0579 e. The van der Waals surface area contributed by atoms with E-state index in [9.17, 15) is 0 Å². The van der Waals surface area contributed by atoms with Gasteiger partial charge in [0.25, 0.3) is 0 Å². The van der Waals surface area contributed by atoms with Crippen molar-refractivity contribution in [3.05, 3.63) is 108 Å². The molecule has 0 aromatic heterocycles. The number of benzene rings is 3. The highest BCUT2D eigenvalue weighted by molar-refractivity contribution is 6.04. The quantitative estimate of drug-likeness (QED) is 0.674. The zero-order chi connectivity index (χ0) is 14.9. The van der Waals surface area contributed by atoms with Crippen molar-refractivity contribution in [1.29, 1.82) is 0 Å². The predicted molar refractivity (Wildman–Crippen MR) is 88.3 cm³/mol. The van der Waals surface area contributed by atoms with Gasteiger partial charge in [0.1, 0.15) is 0 Å². The Labute approximate surface area is 130 Å². The zero-order valence-electron chi connectivity index (χ0n) is 11.6. The van der Waals surface area contributed by atoms with Gasteiger partial charge in [0.05, 0.1) is 11.9 Å². The standard InChI is InChI=1S/C19H16.ClHO/c1-4-10-16(11-5-1)19(17-12-6-2-7-13-17)18-14-8-3-9-15-18;1-2/h1-15,19H;2H. The molecule has 1 N–H and O–H groups in total. The molecule has 0 atom stereocenters. The first kappa shape index (κ1) is 15.3. The monoisotopic (exact) mass is 296 g/mol. The molecule has 0 fully saturated rings. The molecule has 3 rings (SSSR count). The Kier molecular flexibility index (Phi) is 6.01. The van der Waals surface area contributed by atoms with Gasteiger partial charge in [-0.3, -0.25) is 4.66 Å². The van der Waals surface area contributed by atoms with E-state index in [0.29, 0.717) is 5.92 Å². The third-order valence-corrected chi connectivity index (χ3v) is 3.40. The molecule has 0 heterocycles. The molecule has 0 radical (unpaired) electrons. The highest BCUT2D eigenvalue weighted by atomic mass is 35.5. The van der Waals surface area contributed by atoms with Crippen molar-refractivity contribution >= 4 is 11.9 Å². The van der Waals surface area contributed by atoms with Crippen LogP contribution in [0, 0.1) is 0 Å². The molecule has 0 amide bonds. The molecular formula is C19H17ClO. The van der Waals surface area contributed by atoms with Gasteiger partial charge < -0.3 is 0 Å². The van der Waals surface area contributed by atoms with Crippen molar-refractivity contribution in [1.82, 2.24) is 0 Å². The second kappa shape index (κ2) is 8.25. The minimum atomic E-state index is 0.309. The van der Waals surface area contributed by atoms with E-state index in [2.05, 4.69) is 103 Å². The van der Waals surface area contributed by atoms with Crippen molar-refractivity contribution in [2.75, 3.05) is 0 Å². The maximum Gasteiger partial charge on any atom is 0.0579 e. The maximum absolute atomic E-state index is 6.47. The summed E-state index contributed by atoms with van der Waals surface area (Å²) in [4.78, 5) is 0. The van der Waals surface area contributed by atoms with Gasteiger partial charge in [-0.1, -0.05) is 91.0 Å². The molecule has 3 aromatic rings. The number of hydrogen-bond acceptors (Lipinski definition) is 1. The van der Waals surface area contributed by atoms with Crippen LogP contribution in [-0.2, 0) is 0 Å². The lowest BCUT2D eigenvalue weighted by atomic mass is 9.85. The van der Waals surface area contributed by atoms with E-state index in [1.807, 2.05) is 0 Å². The molecule has 0 aliphatic rings. The topological polar surface area (TPSA) is 20.2 Å². The molecule has 3 aromatic carbocycles. The summed E-state index contributed by atoms with van der Waals surface area (Å²) >= 11 is 3.64. The van der Waals surface area contributed by atoms with Gasteiger partial charge in [-0.15, -0.1) is 0 Å². The lowest BCUT2D eigenvalue weighted by Gasteiger charge is -2.18. The van der Waals surface area contributed by atoms with Gasteiger partial charge in [0.15, 0.2) is 0 Å². The molecule has 2 heteroatoms. The van der Waals surface area contributed by atoms with Crippen LogP contribution in [0.4, 0.5) is 0 Å². The van der Waals surface area contributed by atoms with Gasteiger partial charge in [0, 0.05) is 5.92 Å². The molecule has 21 heavy (non-hydrogen) atoms. The van der Waals surface area contributed by atoms with Crippen LogP contribution in [0.1, 0.15) is 22.6 Å². The number of rotatable bonds is 3. The lowest BCUT2D eigenvalue weighted by Crippen LogP contribution is -2.02. The van der Waals surface area contributed by atoms with E-state index in [0.717, 1.165) is 0 Å². The minimum Gasteiger partial charge on any atom is -0.295 e. The lowest BCUT2D eigenvalue weighted by molar-refractivity contribution is 0.632. The molecule has 0 spiro atoms. The van der Waals surface area contributed by atoms with E-state index >= 15 is 0 Å². The highest BCUT2D eigenvalue weighted by Gasteiger charge is 2.15. The van der Waals surface area contributed by atoms with Gasteiger partial charge >= 0.3 is 0 Å². The predicted octanol–water partition coefficient (Wildman–Crippen LogP) is 5.00. The van der Waals surface area contributed by atoms with Gasteiger partial charge in [-0.25, -0.2) is 0 Å².